The number of piperidine rings is 1. The number of H-pyrrole nitrogens is 1. The zero-order valence-corrected chi connectivity index (χ0v) is 16.9. The smallest absolute Gasteiger partial charge is 0.274 e. The van der Waals surface area contributed by atoms with E-state index in [0.717, 1.165) is 16.0 Å². The van der Waals surface area contributed by atoms with E-state index in [-0.39, 0.29) is 17.8 Å². The molecule has 0 atom stereocenters. The van der Waals surface area contributed by atoms with Gasteiger partial charge in [-0.15, -0.1) is 0 Å². The van der Waals surface area contributed by atoms with Crippen LogP contribution in [0.3, 0.4) is 0 Å². The molecule has 0 radical (unpaired) electrons. The molecular formula is C22H19FN4O2S. The van der Waals surface area contributed by atoms with Crippen LogP contribution in [-0.4, -0.2) is 45.2 Å². The molecule has 0 bridgehead atoms. The van der Waals surface area contributed by atoms with Gasteiger partial charge in [-0.25, -0.2) is 4.39 Å². The van der Waals surface area contributed by atoms with Crippen molar-refractivity contribution in [1.29, 1.82) is 0 Å². The van der Waals surface area contributed by atoms with Crippen molar-refractivity contribution in [3.63, 3.8) is 0 Å². The highest BCUT2D eigenvalue weighted by molar-refractivity contribution is 7.20. The summed E-state index contributed by atoms with van der Waals surface area (Å²) in [5, 5.41) is 7.60. The minimum absolute atomic E-state index is 0.0423. The Bertz CT molecular complexity index is 1180. The van der Waals surface area contributed by atoms with E-state index in [1.807, 2.05) is 36.4 Å². The van der Waals surface area contributed by atoms with Crippen molar-refractivity contribution in [2.24, 2.45) is 0 Å². The maximum Gasteiger partial charge on any atom is 0.274 e. The zero-order valence-electron chi connectivity index (χ0n) is 16.0. The van der Waals surface area contributed by atoms with Gasteiger partial charge in [-0.3, -0.25) is 9.89 Å². The number of fused-ring (bicyclic) bond motifs is 1. The summed E-state index contributed by atoms with van der Waals surface area (Å²) in [5.74, 6) is -0.404. The van der Waals surface area contributed by atoms with Gasteiger partial charge in [-0.1, -0.05) is 47.7 Å². The molecule has 1 N–H and O–H groups in total. The van der Waals surface area contributed by atoms with E-state index in [1.165, 1.54) is 17.4 Å². The highest BCUT2D eigenvalue weighted by atomic mass is 32.1. The van der Waals surface area contributed by atoms with Crippen LogP contribution in [0.2, 0.25) is 0 Å². The zero-order chi connectivity index (χ0) is 20.5. The lowest BCUT2D eigenvalue weighted by atomic mass is 10.1. The van der Waals surface area contributed by atoms with Gasteiger partial charge in [0.05, 0.1) is 10.4 Å². The number of aromatic nitrogens is 3. The molecule has 2 aromatic heterocycles. The molecule has 0 saturated carbocycles. The maximum atomic E-state index is 13.8. The van der Waals surface area contributed by atoms with Crippen LogP contribution in [0.25, 0.3) is 21.5 Å². The number of carbonyl (C=O) groups is 1. The largest absolute Gasteiger partial charge is 0.467 e. The standard InChI is InChI=1S/C22H19FN4O2S/c23-16-7-4-8-19-20(16)24-22(30-19)29-15-9-11-27(12-10-15)21(28)18-13-17(25-26-18)14-5-2-1-3-6-14/h1-8,13,15H,9-12H2,(H,25,26). The first kappa shape index (κ1) is 18.7. The highest BCUT2D eigenvalue weighted by Gasteiger charge is 2.26. The van der Waals surface area contributed by atoms with Gasteiger partial charge in [0.25, 0.3) is 11.1 Å². The van der Waals surface area contributed by atoms with Gasteiger partial charge in [0, 0.05) is 31.5 Å². The van der Waals surface area contributed by atoms with Crippen molar-refractivity contribution >= 4 is 27.5 Å². The molecule has 152 valence electrons. The third-order valence-corrected chi connectivity index (χ3v) is 6.14. The molecule has 2 aromatic carbocycles. The number of amides is 1. The van der Waals surface area contributed by atoms with E-state index < -0.39 is 0 Å². The monoisotopic (exact) mass is 422 g/mol. The number of likely N-dealkylation sites (tertiary alicyclic amines) is 1. The molecule has 1 aliphatic heterocycles. The average Bonchev–Trinajstić information content (AvgIpc) is 3.42. The molecule has 3 heterocycles. The lowest BCUT2D eigenvalue weighted by Gasteiger charge is -2.31. The Hall–Kier alpha value is -3.26. The van der Waals surface area contributed by atoms with Gasteiger partial charge < -0.3 is 9.64 Å². The van der Waals surface area contributed by atoms with Crippen LogP contribution >= 0.6 is 11.3 Å². The number of hydrogen-bond acceptors (Lipinski definition) is 5. The number of aromatic amines is 1. The molecule has 0 spiro atoms. The molecule has 0 unspecified atom stereocenters. The van der Waals surface area contributed by atoms with Crippen LogP contribution in [0.1, 0.15) is 23.3 Å². The van der Waals surface area contributed by atoms with E-state index in [2.05, 4.69) is 15.2 Å². The summed E-state index contributed by atoms with van der Waals surface area (Å²) in [4.78, 5) is 18.9. The fraction of sp³-hybridized carbons (Fsp3) is 0.227. The number of para-hydroxylation sites is 1. The lowest BCUT2D eigenvalue weighted by Crippen LogP contribution is -2.41. The third kappa shape index (κ3) is 3.66. The molecule has 1 aliphatic rings. The summed E-state index contributed by atoms with van der Waals surface area (Å²) < 4.78 is 20.6. The Balaban J connectivity index is 1.21. The number of ether oxygens (including phenoxy) is 1. The van der Waals surface area contributed by atoms with Crippen molar-refractivity contribution < 1.29 is 13.9 Å². The minimum atomic E-state index is -0.339. The second-order valence-corrected chi connectivity index (χ2v) is 8.20. The number of halogens is 1. The van der Waals surface area contributed by atoms with E-state index in [0.29, 0.717) is 42.3 Å². The quantitative estimate of drug-likeness (QED) is 0.525. The van der Waals surface area contributed by atoms with Gasteiger partial charge in [-0.05, 0) is 18.2 Å². The van der Waals surface area contributed by atoms with Gasteiger partial charge in [-0.2, -0.15) is 10.1 Å². The maximum absolute atomic E-state index is 13.8. The molecule has 8 heteroatoms. The van der Waals surface area contributed by atoms with Crippen LogP contribution in [0.4, 0.5) is 4.39 Å². The first-order valence-electron chi connectivity index (χ1n) is 9.79. The van der Waals surface area contributed by atoms with Gasteiger partial charge >= 0.3 is 0 Å². The highest BCUT2D eigenvalue weighted by Crippen LogP contribution is 2.31. The van der Waals surface area contributed by atoms with Gasteiger partial charge in [0.15, 0.2) is 0 Å². The number of carbonyl (C=O) groups excluding carboxylic acids is 1. The lowest BCUT2D eigenvalue weighted by molar-refractivity contribution is 0.0590. The Morgan fingerprint density at radius 1 is 1.13 bits per heavy atom. The predicted octanol–water partition coefficient (Wildman–Crippen LogP) is 4.51. The predicted molar refractivity (Wildman–Crippen MR) is 113 cm³/mol. The van der Waals surface area contributed by atoms with E-state index >= 15 is 0 Å². The third-order valence-electron chi connectivity index (χ3n) is 5.22. The Morgan fingerprint density at radius 3 is 2.70 bits per heavy atom. The van der Waals surface area contributed by atoms with E-state index in [1.54, 1.807) is 17.0 Å². The molecule has 4 aromatic rings. The van der Waals surface area contributed by atoms with Crippen molar-refractivity contribution in [1.82, 2.24) is 20.1 Å². The summed E-state index contributed by atoms with van der Waals surface area (Å²) >= 11 is 1.34. The Kier molecular flexibility index (Phi) is 4.92. The van der Waals surface area contributed by atoms with Crippen LogP contribution in [0, 0.1) is 5.82 Å². The fourth-order valence-corrected chi connectivity index (χ4v) is 4.52. The minimum Gasteiger partial charge on any atom is -0.467 e. The SMILES string of the molecule is O=C(c1cc(-c2ccccc2)n[nH]1)N1CCC(Oc2nc3c(F)cccc3s2)CC1. The summed E-state index contributed by atoms with van der Waals surface area (Å²) in [6.45, 7) is 1.17. The molecule has 30 heavy (non-hydrogen) atoms. The number of nitrogens with zero attached hydrogens (tertiary/aromatic N) is 3. The first-order chi connectivity index (χ1) is 14.7. The van der Waals surface area contributed by atoms with Crippen molar-refractivity contribution in [3.05, 3.63) is 66.1 Å². The number of benzene rings is 2. The molecule has 6 nitrogen and oxygen atoms in total. The molecule has 1 fully saturated rings. The van der Waals surface area contributed by atoms with Gasteiger partial charge in [0.1, 0.15) is 23.1 Å². The second-order valence-electron chi connectivity index (χ2n) is 7.21. The normalized spacial score (nSPS) is 14.9. The summed E-state index contributed by atoms with van der Waals surface area (Å²) in [6, 6.07) is 16.4. The second kappa shape index (κ2) is 7.87. The number of nitrogens with one attached hydrogen (secondary N) is 1. The molecule has 5 rings (SSSR count). The van der Waals surface area contributed by atoms with Crippen molar-refractivity contribution in [2.75, 3.05) is 13.1 Å². The van der Waals surface area contributed by atoms with Crippen molar-refractivity contribution in [2.45, 2.75) is 18.9 Å². The Labute approximate surface area is 176 Å². The van der Waals surface area contributed by atoms with Crippen LogP contribution in [-0.2, 0) is 0 Å². The number of hydrogen-bond donors (Lipinski definition) is 1. The van der Waals surface area contributed by atoms with Crippen LogP contribution < -0.4 is 4.74 Å². The molecular weight excluding hydrogens is 403 g/mol. The molecule has 1 amide bonds. The van der Waals surface area contributed by atoms with E-state index in [9.17, 15) is 9.18 Å². The first-order valence-corrected chi connectivity index (χ1v) is 10.6. The number of rotatable bonds is 4. The van der Waals surface area contributed by atoms with Crippen molar-refractivity contribution in [3.8, 4) is 16.5 Å². The van der Waals surface area contributed by atoms with Crippen LogP contribution in [0.15, 0.2) is 54.6 Å². The summed E-state index contributed by atoms with van der Waals surface area (Å²) in [5.41, 5.74) is 2.54. The summed E-state index contributed by atoms with van der Waals surface area (Å²) in [7, 11) is 0. The molecule has 0 aliphatic carbocycles. The summed E-state index contributed by atoms with van der Waals surface area (Å²) in [6.07, 6.45) is 1.35. The average molecular weight is 422 g/mol. The van der Waals surface area contributed by atoms with Gasteiger partial charge in [0.2, 0.25) is 0 Å². The van der Waals surface area contributed by atoms with Crippen LogP contribution in [0.5, 0.6) is 5.19 Å². The Morgan fingerprint density at radius 2 is 1.93 bits per heavy atom. The molecule has 1 saturated heterocycles. The fourth-order valence-electron chi connectivity index (χ4n) is 3.62. The number of thiazole rings is 1. The topological polar surface area (TPSA) is 71.1 Å². The van der Waals surface area contributed by atoms with E-state index in [4.69, 9.17) is 4.74 Å².